The Kier molecular flexibility index (Phi) is 4.01. The Labute approximate surface area is 94.1 Å². The highest BCUT2D eigenvalue weighted by atomic mass is 19.1. The van der Waals surface area contributed by atoms with Gasteiger partial charge >= 0.3 is 5.97 Å². The summed E-state index contributed by atoms with van der Waals surface area (Å²) in [5.74, 6) is -1.55. The van der Waals surface area contributed by atoms with E-state index in [1.54, 1.807) is 19.9 Å². The molecule has 88 valence electrons. The molecule has 1 rings (SSSR count). The van der Waals surface area contributed by atoms with Gasteiger partial charge in [0.05, 0.1) is 6.42 Å². The summed E-state index contributed by atoms with van der Waals surface area (Å²) in [4.78, 5) is 10.7. The Morgan fingerprint density at radius 3 is 2.62 bits per heavy atom. The van der Waals surface area contributed by atoms with Gasteiger partial charge in [0.2, 0.25) is 0 Å². The van der Waals surface area contributed by atoms with E-state index < -0.39 is 5.97 Å². The maximum Gasteiger partial charge on any atom is 0.304 e. The molecule has 1 aromatic rings. The number of carboxylic acid groups (broad SMARTS) is 1. The highest BCUT2D eigenvalue weighted by Gasteiger charge is 2.18. The Hall–Kier alpha value is -1.42. The van der Waals surface area contributed by atoms with Gasteiger partial charge in [-0.3, -0.25) is 4.79 Å². The minimum Gasteiger partial charge on any atom is -0.481 e. The van der Waals surface area contributed by atoms with Gasteiger partial charge in [-0.2, -0.15) is 0 Å². The van der Waals surface area contributed by atoms with Crippen molar-refractivity contribution in [2.75, 3.05) is 6.54 Å². The topological polar surface area (TPSA) is 63.3 Å². The Morgan fingerprint density at radius 1 is 1.50 bits per heavy atom. The molecular formula is C12H16FNO2. The molecule has 0 aliphatic heterocycles. The number of hydrogen-bond donors (Lipinski definition) is 2. The maximum absolute atomic E-state index is 13.5. The van der Waals surface area contributed by atoms with Gasteiger partial charge in [-0.15, -0.1) is 0 Å². The van der Waals surface area contributed by atoms with Gasteiger partial charge in [0.15, 0.2) is 0 Å². The molecule has 0 saturated heterocycles. The predicted octanol–water partition coefficient (Wildman–Crippen LogP) is 1.96. The highest BCUT2D eigenvalue weighted by Crippen LogP contribution is 2.25. The van der Waals surface area contributed by atoms with Gasteiger partial charge in [-0.25, -0.2) is 4.39 Å². The number of aryl methyl sites for hydroxylation is 1. The van der Waals surface area contributed by atoms with Crippen LogP contribution >= 0.6 is 0 Å². The summed E-state index contributed by atoms with van der Waals surface area (Å²) in [7, 11) is 0. The van der Waals surface area contributed by atoms with Crippen molar-refractivity contribution in [2.45, 2.75) is 26.2 Å². The molecule has 1 atom stereocenters. The predicted molar refractivity (Wildman–Crippen MR) is 59.9 cm³/mol. The first-order valence-corrected chi connectivity index (χ1v) is 5.14. The van der Waals surface area contributed by atoms with E-state index in [1.807, 2.05) is 0 Å². The van der Waals surface area contributed by atoms with Crippen LogP contribution in [0.3, 0.4) is 0 Å². The van der Waals surface area contributed by atoms with Crippen LogP contribution in [0.1, 0.15) is 29.0 Å². The quantitative estimate of drug-likeness (QED) is 0.823. The van der Waals surface area contributed by atoms with Crippen molar-refractivity contribution in [3.05, 3.63) is 34.6 Å². The molecule has 1 aromatic carbocycles. The molecule has 16 heavy (non-hydrogen) atoms. The van der Waals surface area contributed by atoms with Crippen LogP contribution in [-0.2, 0) is 4.79 Å². The number of nitrogens with two attached hydrogens (primary N) is 1. The van der Waals surface area contributed by atoms with Crippen LogP contribution in [0, 0.1) is 19.7 Å². The molecule has 0 spiro atoms. The zero-order valence-corrected chi connectivity index (χ0v) is 9.46. The Morgan fingerprint density at radius 2 is 2.12 bits per heavy atom. The van der Waals surface area contributed by atoms with Crippen molar-refractivity contribution in [1.82, 2.24) is 0 Å². The number of carboxylic acids is 1. The lowest BCUT2D eigenvalue weighted by atomic mass is 9.90. The molecule has 0 saturated carbocycles. The second-order valence-corrected chi connectivity index (χ2v) is 3.99. The van der Waals surface area contributed by atoms with Crippen molar-refractivity contribution in [3.8, 4) is 0 Å². The summed E-state index contributed by atoms with van der Waals surface area (Å²) >= 11 is 0. The number of rotatable bonds is 4. The lowest BCUT2D eigenvalue weighted by Gasteiger charge is -2.16. The molecule has 0 radical (unpaired) electrons. The highest BCUT2D eigenvalue weighted by molar-refractivity contribution is 5.68. The molecule has 3 N–H and O–H groups in total. The van der Waals surface area contributed by atoms with E-state index in [4.69, 9.17) is 10.8 Å². The van der Waals surface area contributed by atoms with Gasteiger partial charge in [0.25, 0.3) is 0 Å². The lowest BCUT2D eigenvalue weighted by molar-refractivity contribution is -0.137. The van der Waals surface area contributed by atoms with Crippen molar-refractivity contribution < 1.29 is 14.3 Å². The molecule has 0 amide bonds. The fourth-order valence-electron chi connectivity index (χ4n) is 1.80. The summed E-state index contributed by atoms with van der Waals surface area (Å²) in [5, 5.41) is 8.76. The number of hydrogen-bond acceptors (Lipinski definition) is 2. The first-order chi connectivity index (χ1) is 7.45. The van der Waals surface area contributed by atoms with Crippen LogP contribution in [0.2, 0.25) is 0 Å². The summed E-state index contributed by atoms with van der Waals surface area (Å²) < 4.78 is 13.5. The van der Waals surface area contributed by atoms with Crippen LogP contribution in [0.4, 0.5) is 4.39 Å². The molecule has 3 nitrogen and oxygen atoms in total. The molecule has 4 heteroatoms. The monoisotopic (exact) mass is 225 g/mol. The van der Waals surface area contributed by atoms with Gasteiger partial charge in [0.1, 0.15) is 5.82 Å². The third-order valence-corrected chi connectivity index (χ3v) is 2.67. The second-order valence-electron chi connectivity index (χ2n) is 3.99. The fourth-order valence-corrected chi connectivity index (χ4v) is 1.80. The van der Waals surface area contributed by atoms with Crippen LogP contribution in [0.15, 0.2) is 12.1 Å². The summed E-state index contributed by atoms with van der Waals surface area (Å²) in [6.45, 7) is 3.63. The smallest absolute Gasteiger partial charge is 0.304 e. The Balaban J connectivity index is 3.13. The molecule has 0 aliphatic carbocycles. The molecule has 0 heterocycles. The zero-order chi connectivity index (χ0) is 12.3. The second kappa shape index (κ2) is 5.07. The normalized spacial score (nSPS) is 12.5. The van der Waals surface area contributed by atoms with Crippen molar-refractivity contribution in [3.63, 3.8) is 0 Å². The lowest BCUT2D eigenvalue weighted by Crippen LogP contribution is -2.17. The minimum atomic E-state index is -0.920. The molecule has 0 aliphatic rings. The standard InChI is InChI=1S/C12H16FNO2/c1-7-3-10(8(2)11(13)4-7)9(6-14)5-12(15)16/h3-4,9H,5-6,14H2,1-2H3,(H,15,16). The SMILES string of the molecule is Cc1cc(F)c(C)c(C(CN)CC(=O)O)c1. The third kappa shape index (κ3) is 2.79. The van der Waals surface area contributed by atoms with E-state index >= 15 is 0 Å². The van der Waals surface area contributed by atoms with Crippen LogP contribution in [-0.4, -0.2) is 17.6 Å². The fraction of sp³-hybridized carbons (Fsp3) is 0.417. The first kappa shape index (κ1) is 12.6. The average Bonchev–Trinajstić information content (AvgIpc) is 2.20. The maximum atomic E-state index is 13.5. The van der Waals surface area contributed by atoms with E-state index in [0.29, 0.717) is 11.1 Å². The Bertz CT molecular complexity index is 404. The largest absolute Gasteiger partial charge is 0.481 e. The summed E-state index contributed by atoms with van der Waals surface area (Å²) in [5.41, 5.74) is 7.50. The summed E-state index contributed by atoms with van der Waals surface area (Å²) in [6, 6.07) is 3.24. The number of aliphatic carboxylic acids is 1. The van der Waals surface area contributed by atoms with Crippen molar-refractivity contribution >= 4 is 5.97 Å². The molecule has 0 fully saturated rings. The van der Waals surface area contributed by atoms with Gasteiger partial charge in [0, 0.05) is 5.92 Å². The number of halogens is 1. The van der Waals surface area contributed by atoms with Crippen molar-refractivity contribution in [1.29, 1.82) is 0 Å². The molecular weight excluding hydrogens is 209 g/mol. The van der Waals surface area contributed by atoms with E-state index in [0.717, 1.165) is 5.56 Å². The van der Waals surface area contributed by atoms with Gasteiger partial charge in [-0.05, 0) is 43.1 Å². The number of carbonyl (C=O) groups is 1. The molecule has 0 bridgehead atoms. The van der Waals surface area contributed by atoms with E-state index in [9.17, 15) is 9.18 Å². The minimum absolute atomic E-state index is 0.0692. The third-order valence-electron chi connectivity index (χ3n) is 2.67. The number of benzene rings is 1. The molecule has 0 aromatic heterocycles. The van der Waals surface area contributed by atoms with Gasteiger partial charge < -0.3 is 10.8 Å². The van der Waals surface area contributed by atoms with E-state index in [-0.39, 0.29) is 24.7 Å². The molecule has 1 unspecified atom stereocenters. The van der Waals surface area contributed by atoms with Crippen LogP contribution in [0.5, 0.6) is 0 Å². The van der Waals surface area contributed by atoms with Gasteiger partial charge in [-0.1, -0.05) is 6.07 Å². The summed E-state index contributed by atoms with van der Waals surface area (Å²) in [6.07, 6.45) is -0.0692. The van der Waals surface area contributed by atoms with Crippen LogP contribution in [0.25, 0.3) is 0 Å². The zero-order valence-electron chi connectivity index (χ0n) is 9.46. The van der Waals surface area contributed by atoms with E-state index in [1.165, 1.54) is 6.07 Å². The van der Waals surface area contributed by atoms with Crippen LogP contribution < -0.4 is 5.73 Å². The first-order valence-electron chi connectivity index (χ1n) is 5.14. The van der Waals surface area contributed by atoms with Crippen molar-refractivity contribution in [2.24, 2.45) is 5.73 Å². The average molecular weight is 225 g/mol. The van der Waals surface area contributed by atoms with E-state index in [2.05, 4.69) is 0 Å².